The third kappa shape index (κ3) is 3.76. The van der Waals surface area contributed by atoms with Crippen LogP contribution in [0.25, 0.3) is 22.0 Å². The van der Waals surface area contributed by atoms with Gasteiger partial charge in [0.05, 0.1) is 27.5 Å². The Labute approximate surface area is 204 Å². The minimum atomic E-state index is -0.886. The van der Waals surface area contributed by atoms with Crippen LogP contribution >= 0.6 is 11.6 Å². The topological polar surface area (TPSA) is 85.8 Å². The first kappa shape index (κ1) is 23.0. The van der Waals surface area contributed by atoms with E-state index in [9.17, 15) is 19.1 Å². The van der Waals surface area contributed by atoms with Crippen LogP contribution in [0.5, 0.6) is 5.75 Å². The van der Waals surface area contributed by atoms with Crippen molar-refractivity contribution in [1.82, 2.24) is 15.2 Å². The summed E-state index contributed by atoms with van der Waals surface area (Å²) in [6.45, 7) is 5.44. The van der Waals surface area contributed by atoms with Gasteiger partial charge in [0.25, 0.3) is 5.91 Å². The van der Waals surface area contributed by atoms with E-state index in [0.29, 0.717) is 61.5 Å². The summed E-state index contributed by atoms with van der Waals surface area (Å²) < 4.78 is 30.6. The lowest BCUT2D eigenvalue weighted by atomic mass is 9.95. The smallest absolute Gasteiger partial charge is 0.255 e. The molecule has 10 heteroatoms. The molecule has 35 heavy (non-hydrogen) atoms. The van der Waals surface area contributed by atoms with Crippen LogP contribution < -0.4 is 10.2 Å². The number of amides is 2. The fourth-order valence-electron chi connectivity index (χ4n) is 4.76. The molecule has 2 N–H and O–H groups in total. The zero-order valence-corrected chi connectivity index (χ0v) is 19.3. The number of fused-ring (bicyclic) bond motifs is 2. The average Bonchev–Trinajstić information content (AvgIpc) is 2.85. The van der Waals surface area contributed by atoms with Crippen LogP contribution in [0, 0.1) is 11.6 Å². The van der Waals surface area contributed by atoms with Gasteiger partial charge in [-0.05, 0) is 24.3 Å². The van der Waals surface area contributed by atoms with Gasteiger partial charge in [0.2, 0.25) is 5.91 Å². The van der Waals surface area contributed by atoms with E-state index in [4.69, 9.17) is 11.6 Å². The van der Waals surface area contributed by atoms with Crippen molar-refractivity contribution in [1.29, 1.82) is 0 Å². The number of nitrogens with zero attached hydrogens (tertiary/aromatic N) is 3. The highest BCUT2D eigenvalue weighted by atomic mass is 35.5. The van der Waals surface area contributed by atoms with E-state index in [-0.39, 0.29) is 33.5 Å². The molecule has 1 saturated heterocycles. The highest BCUT2D eigenvalue weighted by Gasteiger charge is 2.32. The molecule has 180 valence electrons. The highest BCUT2D eigenvalue weighted by molar-refractivity contribution is 6.34. The van der Waals surface area contributed by atoms with Crippen LogP contribution in [0.2, 0.25) is 5.02 Å². The van der Waals surface area contributed by atoms with Crippen LogP contribution in [0.4, 0.5) is 14.5 Å². The summed E-state index contributed by atoms with van der Waals surface area (Å²) in [4.78, 5) is 32.9. The number of aromatic hydroxyl groups is 1. The number of anilines is 1. The molecule has 7 nitrogen and oxygen atoms in total. The Kier molecular flexibility index (Phi) is 5.80. The predicted octanol–water partition coefficient (Wildman–Crippen LogP) is 3.66. The van der Waals surface area contributed by atoms with E-state index in [1.165, 1.54) is 24.3 Å². The maximum absolute atomic E-state index is 16.0. The number of carbonyl (C=O) groups excluding carboxylic acids is 2. The minimum absolute atomic E-state index is 0.0694. The van der Waals surface area contributed by atoms with Gasteiger partial charge in [-0.3, -0.25) is 9.59 Å². The van der Waals surface area contributed by atoms with E-state index in [1.807, 2.05) is 4.90 Å². The average molecular weight is 499 g/mol. The van der Waals surface area contributed by atoms with Crippen molar-refractivity contribution in [2.75, 3.05) is 37.6 Å². The Morgan fingerprint density at radius 3 is 2.60 bits per heavy atom. The fraction of sp³-hybridized carbons (Fsp3) is 0.240. The lowest BCUT2D eigenvalue weighted by molar-refractivity contribution is -0.126. The molecule has 2 aliphatic rings. The molecule has 0 unspecified atom stereocenters. The Hall–Kier alpha value is -3.72. The molecule has 3 heterocycles. The van der Waals surface area contributed by atoms with Gasteiger partial charge in [-0.15, -0.1) is 0 Å². The number of carbonyl (C=O) groups is 2. The first-order chi connectivity index (χ1) is 16.8. The number of hydrogen-bond donors (Lipinski definition) is 2. The van der Waals surface area contributed by atoms with Gasteiger partial charge in [0, 0.05) is 50.1 Å². The first-order valence-corrected chi connectivity index (χ1v) is 11.5. The molecule has 1 aromatic heterocycles. The predicted molar refractivity (Wildman–Crippen MR) is 129 cm³/mol. The Morgan fingerprint density at radius 1 is 1.17 bits per heavy atom. The summed E-state index contributed by atoms with van der Waals surface area (Å²) in [5.41, 5.74) is 0.509. The van der Waals surface area contributed by atoms with Gasteiger partial charge in [0.1, 0.15) is 17.1 Å². The Balaban J connectivity index is 1.74. The normalized spacial score (nSPS) is 15.7. The van der Waals surface area contributed by atoms with E-state index in [0.717, 1.165) is 6.07 Å². The van der Waals surface area contributed by atoms with Gasteiger partial charge in [0.15, 0.2) is 5.82 Å². The summed E-state index contributed by atoms with van der Waals surface area (Å²) in [6.07, 6.45) is 1.64. The van der Waals surface area contributed by atoms with Crippen molar-refractivity contribution in [3.05, 3.63) is 64.8 Å². The van der Waals surface area contributed by atoms with Gasteiger partial charge in [-0.1, -0.05) is 24.2 Å². The molecule has 0 spiro atoms. The quantitative estimate of drug-likeness (QED) is 0.538. The van der Waals surface area contributed by atoms with Gasteiger partial charge < -0.3 is 20.2 Å². The third-order valence-electron chi connectivity index (χ3n) is 6.42. The summed E-state index contributed by atoms with van der Waals surface area (Å²) in [5.74, 6) is -2.68. The number of phenolic OH excluding ortho intramolecular Hbond substituents is 1. The number of hydrogen-bond acceptors (Lipinski definition) is 5. The maximum Gasteiger partial charge on any atom is 0.255 e. The van der Waals surface area contributed by atoms with Crippen molar-refractivity contribution in [3.63, 3.8) is 0 Å². The van der Waals surface area contributed by atoms with Gasteiger partial charge in [-0.2, -0.15) is 0 Å². The number of aromatic nitrogens is 1. The monoisotopic (exact) mass is 498 g/mol. The zero-order chi connectivity index (χ0) is 24.9. The molecule has 0 saturated carbocycles. The zero-order valence-electron chi connectivity index (χ0n) is 18.6. The first-order valence-electron chi connectivity index (χ1n) is 11.1. The summed E-state index contributed by atoms with van der Waals surface area (Å²) in [5, 5.41) is 13.2. The van der Waals surface area contributed by atoms with Crippen LogP contribution in [0.3, 0.4) is 0 Å². The molecule has 2 aromatic carbocycles. The van der Waals surface area contributed by atoms with E-state index in [1.54, 1.807) is 4.90 Å². The van der Waals surface area contributed by atoms with Gasteiger partial charge in [-0.25, -0.2) is 13.8 Å². The second-order valence-electron chi connectivity index (χ2n) is 8.38. The highest BCUT2D eigenvalue weighted by Crippen LogP contribution is 2.44. The molecule has 0 aliphatic carbocycles. The molecular formula is C25H21ClF2N4O3. The molecular weight excluding hydrogens is 478 g/mol. The van der Waals surface area contributed by atoms with Gasteiger partial charge >= 0.3 is 0 Å². The number of rotatable bonds is 3. The number of nitrogens with one attached hydrogen (secondary N) is 1. The maximum atomic E-state index is 16.0. The molecule has 0 radical (unpaired) electrons. The largest absolute Gasteiger partial charge is 0.507 e. The van der Waals surface area contributed by atoms with Crippen molar-refractivity contribution in [2.24, 2.45) is 0 Å². The fourth-order valence-corrected chi connectivity index (χ4v) is 5.05. The lowest BCUT2D eigenvalue weighted by Gasteiger charge is -2.37. The van der Waals surface area contributed by atoms with E-state index in [2.05, 4.69) is 16.9 Å². The number of pyridine rings is 1. The molecule has 2 aliphatic heterocycles. The summed E-state index contributed by atoms with van der Waals surface area (Å²) in [6, 6.07) is 5.11. The minimum Gasteiger partial charge on any atom is -0.507 e. The molecule has 2 amide bonds. The Morgan fingerprint density at radius 2 is 1.91 bits per heavy atom. The lowest BCUT2D eigenvalue weighted by Crippen LogP contribution is -2.49. The van der Waals surface area contributed by atoms with Crippen LogP contribution in [0.1, 0.15) is 16.1 Å². The molecule has 1 fully saturated rings. The molecule has 3 aromatic rings. The van der Waals surface area contributed by atoms with Crippen LogP contribution in [-0.2, 0) is 11.2 Å². The van der Waals surface area contributed by atoms with Crippen molar-refractivity contribution in [2.45, 2.75) is 6.42 Å². The second kappa shape index (κ2) is 8.81. The molecule has 5 rings (SSSR count). The second-order valence-corrected chi connectivity index (χ2v) is 8.79. The molecule has 0 bridgehead atoms. The van der Waals surface area contributed by atoms with E-state index >= 15 is 4.39 Å². The van der Waals surface area contributed by atoms with Crippen molar-refractivity contribution >= 4 is 40.0 Å². The van der Waals surface area contributed by atoms with Crippen LogP contribution in [0.15, 0.2) is 36.9 Å². The summed E-state index contributed by atoms with van der Waals surface area (Å²) in [7, 11) is 0. The number of halogens is 3. The SMILES string of the molecule is C=CC(=O)N1CCN(c2c3c(nc4c(F)c(-c5c(O)cccc5F)c(Cl)cc24)CCNC3=O)CC1. The third-order valence-corrected chi connectivity index (χ3v) is 6.72. The van der Waals surface area contributed by atoms with Crippen LogP contribution in [-0.4, -0.2) is 59.5 Å². The van der Waals surface area contributed by atoms with E-state index < -0.39 is 17.4 Å². The van der Waals surface area contributed by atoms with Crippen molar-refractivity contribution in [3.8, 4) is 16.9 Å². The van der Waals surface area contributed by atoms with Crippen molar-refractivity contribution < 1.29 is 23.5 Å². The standard InChI is InChI=1S/C25H21ClF2N4O3/c1-2-18(34)31-8-10-32(11-9-31)24-13-12-14(26)19(20-15(27)4-3-5-17(20)33)22(28)23(13)30-16-6-7-29-25(35)21(16)24/h2-5,12,33H,1,6-11H2,(H,29,35). The summed E-state index contributed by atoms with van der Waals surface area (Å²) >= 11 is 6.47. The molecule has 0 atom stereocenters. The Bertz CT molecular complexity index is 1380. The number of benzene rings is 2. The number of phenols is 1. The number of piperazine rings is 1.